The molecule has 0 spiro atoms. The quantitative estimate of drug-likeness (QED) is 0.379. The van der Waals surface area contributed by atoms with E-state index in [0.717, 1.165) is 32.5 Å². The van der Waals surface area contributed by atoms with Crippen molar-refractivity contribution < 1.29 is 0 Å². The Morgan fingerprint density at radius 1 is 0.545 bits per heavy atom. The highest BCUT2D eigenvalue weighted by Crippen LogP contribution is 2.24. The molecule has 0 aromatic carbocycles. The third kappa shape index (κ3) is 9.96. The van der Waals surface area contributed by atoms with Crippen molar-refractivity contribution in [3.8, 4) is 0 Å². The van der Waals surface area contributed by atoms with E-state index in [1.54, 1.807) is 11.3 Å². The average Bonchev–Trinajstić information content (AvgIpc) is 3.49. The first-order valence-electron chi connectivity index (χ1n) is 11.9. The molecular formula is C24H43N7S2. The highest BCUT2D eigenvalue weighted by molar-refractivity contribution is 7.11. The van der Waals surface area contributed by atoms with Crippen LogP contribution in [0.4, 0.5) is 0 Å². The monoisotopic (exact) mass is 493 g/mol. The number of rotatable bonds is 6. The van der Waals surface area contributed by atoms with Crippen LogP contribution in [0, 0.1) is 0 Å². The van der Waals surface area contributed by atoms with Crippen molar-refractivity contribution in [1.29, 1.82) is 0 Å². The van der Waals surface area contributed by atoms with Crippen molar-refractivity contribution in [2.75, 3.05) is 0 Å². The van der Waals surface area contributed by atoms with E-state index in [1.807, 2.05) is 0 Å². The number of hydrogen-bond acceptors (Lipinski definition) is 8. The summed E-state index contributed by atoms with van der Waals surface area (Å²) in [6.45, 7) is 25.5. The van der Waals surface area contributed by atoms with Crippen LogP contribution >= 0.6 is 22.9 Å². The molecule has 9 heteroatoms. The molecule has 3 aromatic rings. The first-order chi connectivity index (χ1) is 15.3. The Bertz CT molecular complexity index is 734. The summed E-state index contributed by atoms with van der Waals surface area (Å²) in [6.07, 6.45) is 0. The summed E-state index contributed by atoms with van der Waals surface area (Å²) in [5.41, 5.74) is 0. The maximum absolute atomic E-state index is 4.42. The van der Waals surface area contributed by atoms with Crippen LogP contribution in [-0.2, 0) is 0 Å². The largest absolute Gasteiger partial charge is 0.263 e. The van der Waals surface area contributed by atoms with E-state index in [4.69, 9.17) is 0 Å². The molecule has 0 aliphatic rings. The Hall–Kier alpha value is -1.74. The van der Waals surface area contributed by atoms with Crippen LogP contribution in [0.1, 0.15) is 151 Å². The number of aromatic nitrogens is 7. The van der Waals surface area contributed by atoms with E-state index in [2.05, 4.69) is 118 Å². The molecule has 0 radical (unpaired) electrons. The van der Waals surface area contributed by atoms with Crippen LogP contribution in [0.25, 0.3) is 0 Å². The highest BCUT2D eigenvalue weighted by atomic mass is 32.1. The van der Waals surface area contributed by atoms with Gasteiger partial charge in [0, 0.05) is 35.5 Å². The molecule has 0 atom stereocenters. The summed E-state index contributed by atoms with van der Waals surface area (Å²) in [5.74, 6) is 5.73. The van der Waals surface area contributed by atoms with Gasteiger partial charge in [-0.15, -0.1) is 21.5 Å². The lowest BCUT2D eigenvalue weighted by atomic mass is 10.2. The van der Waals surface area contributed by atoms with Crippen molar-refractivity contribution in [3.63, 3.8) is 0 Å². The van der Waals surface area contributed by atoms with E-state index >= 15 is 0 Å². The van der Waals surface area contributed by atoms with Gasteiger partial charge in [-0.2, -0.15) is 9.47 Å². The summed E-state index contributed by atoms with van der Waals surface area (Å²) >= 11 is 3.25. The summed E-state index contributed by atoms with van der Waals surface area (Å²) in [5, 5.41) is 18.7. The van der Waals surface area contributed by atoms with Crippen LogP contribution in [0.15, 0.2) is 0 Å². The lowest BCUT2D eigenvalue weighted by Crippen LogP contribution is -1.92. The fourth-order valence-corrected chi connectivity index (χ4v) is 3.87. The fourth-order valence-electron chi connectivity index (χ4n) is 2.23. The van der Waals surface area contributed by atoms with Crippen molar-refractivity contribution in [3.05, 3.63) is 32.5 Å². The second kappa shape index (κ2) is 13.8. The molecule has 0 aliphatic carbocycles. The number of hydrogen-bond donors (Lipinski definition) is 1. The van der Waals surface area contributed by atoms with Gasteiger partial charge in [-0.1, -0.05) is 83.1 Å². The zero-order chi connectivity index (χ0) is 25.3. The van der Waals surface area contributed by atoms with Crippen molar-refractivity contribution in [2.45, 2.75) is 119 Å². The lowest BCUT2D eigenvalue weighted by Gasteiger charge is -1.96. The molecule has 186 valence electrons. The van der Waals surface area contributed by atoms with Gasteiger partial charge in [0.15, 0.2) is 5.82 Å². The van der Waals surface area contributed by atoms with Crippen LogP contribution < -0.4 is 0 Å². The Balaban J connectivity index is 0.000000247. The Labute approximate surface area is 208 Å². The minimum absolute atomic E-state index is 0.416. The van der Waals surface area contributed by atoms with Crippen molar-refractivity contribution in [2.24, 2.45) is 0 Å². The second-order valence-electron chi connectivity index (χ2n) is 9.98. The average molecular weight is 494 g/mol. The molecule has 0 saturated heterocycles. The molecular weight excluding hydrogens is 450 g/mol. The molecule has 1 N–H and O–H groups in total. The molecule has 3 heterocycles. The van der Waals surface area contributed by atoms with Gasteiger partial charge in [-0.05, 0) is 11.5 Å². The van der Waals surface area contributed by atoms with Gasteiger partial charge in [0.2, 0.25) is 0 Å². The summed E-state index contributed by atoms with van der Waals surface area (Å²) < 4.78 is 4.27. The molecule has 0 aliphatic heterocycles. The van der Waals surface area contributed by atoms with Crippen LogP contribution in [0.2, 0.25) is 0 Å². The van der Waals surface area contributed by atoms with E-state index in [-0.39, 0.29) is 0 Å². The summed E-state index contributed by atoms with van der Waals surface area (Å²) in [4.78, 5) is 8.76. The molecule has 7 nitrogen and oxygen atoms in total. The first-order valence-corrected chi connectivity index (χ1v) is 13.5. The van der Waals surface area contributed by atoms with E-state index in [1.165, 1.54) is 11.5 Å². The molecule has 0 amide bonds. The zero-order valence-electron chi connectivity index (χ0n) is 22.5. The van der Waals surface area contributed by atoms with E-state index in [0.29, 0.717) is 35.5 Å². The van der Waals surface area contributed by atoms with Gasteiger partial charge in [-0.3, -0.25) is 5.10 Å². The van der Waals surface area contributed by atoms with Crippen LogP contribution in [0.5, 0.6) is 0 Å². The smallest absolute Gasteiger partial charge is 0.153 e. The van der Waals surface area contributed by atoms with Gasteiger partial charge in [0.1, 0.15) is 26.7 Å². The number of aromatic amines is 1. The minimum atomic E-state index is 0.416. The first kappa shape index (κ1) is 29.3. The number of nitrogens with one attached hydrogen (secondary N) is 1. The van der Waals surface area contributed by atoms with E-state index < -0.39 is 0 Å². The van der Waals surface area contributed by atoms with Gasteiger partial charge < -0.3 is 0 Å². The van der Waals surface area contributed by atoms with Crippen molar-refractivity contribution >= 4 is 22.9 Å². The summed E-state index contributed by atoms with van der Waals surface area (Å²) in [6, 6.07) is 0. The molecule has 3 aromatic heterocycles. The molecule has 0 saturated carbocycles. The van der Waals surface area contributed by atoms with Crippen molar-refractivity contribution in [1.82, 2.24) is 34.7 Å². The molecule has 0 fully saturated rings. The predicted octanol–water partition coefficient (Wildman–Crippen LogP) is 7.62. The second-order valence-corrected chi connectivity index (χ2v) is 11.8. The lowest BCUT2D eigenvalue weighted by molar-refractivity contribution is 0.770. The molecule has 0 unspecified atom stereocenters. The third-order valence-corrected chi connectivity index (χ3v) is 7.05. The Morgan fingerprint density at radius 3 is 1.27 bits per heavy atom. The predicted molar refractivity (Wildman–Crippen MR) is 141 cm³/mol. The van der Waals surface area contributed by atoms with Crippen LogP contribution in [0.3, 0.4) is 0 Å². The topological polar surface area (TPSA) is 93.1 Å². The number of nitrogens with zero attached hydrogens (tertiary/aromatic N) is 6. The normalized spacial score (nSPS) is 11.5. The third-order valence-electron chi connectivity index (χ3n) is 4.50. The van der Waals surface area contributed by atoms with Gasteiger partial charge >= 0.3 is 0 Å². The maximum atomic E-state index is 4.42. The Kier molecular flexibility index (Phi) is 12.3. The van der Waals surface area contributed by atoms with Gasteiger partial charge in [0.25, 0.3) is 0 Å². The summed E-state index contributed by atoms with van der Waals surface area (Å²) in [7, 11) is 0. The van der Waals surface area contributed by atoms with Crippen LogP contribution in [-0.4, -0.2) is 34.7 Å². The minimum Gasteiger partial charge on any atom is -0.263 e. The SMILES string of the molecule is CC(C)c1n[nH]c(C(C)C)n1.CC(C)c1nnc(C(C)C)s1.CC(C)c1nsc(C(C)C)n1. The van der Waals surface area contributed by atoms with Gasteiger partial charge in [-0.25, -0.2) is 9.97 Å². The van der Waals surface area contributed by atoms with E-state index in [9.17, 15) is 0 Å². The molecule has 0 bridgehead atoms. The zero-order valence-corrected chi connectivity index (χ0v) is 24.1. The Morgan fingerprint density at radius 2 is 1.03 bits per heavy atom. The number of H-pyrrole nitrogens is 1. The standard InChI is InChI=1S/C8H15N3.2C8H14N2S/c1-5(2)7-9-8(6(3)4)11-10-7;1-5(2)7-9-10-8(11-7)6(3)4;1-5(2)7-9-8(6(3)4)11-10-7/h5-6H,1-4H3,(H,9,10,11);2*5-6H,1-4H3. The highest BCUT2D eigenvalue weighted by Gasteiger charge is 2.10. The molecule has 33 heavy (non-hydrogen) atoms. The molecule has 3 rings (SSSR count). The van der Waals surface area contributed by atoms with Gasteiger partial charge in [0.05, 0.1) is 0 Å². The fraction of sp³-hybridized carbons (Fsp3) is 0.750. The maximum Gasteiger partial charge on any atom is 0.153 e.